The maximum Gasteiger partial charge on any atom is 0.389 e. The summed E-state index contributed by atoms with van der Waals surface area (Å²) in [5.41, 5.74) is 8.40. The van der Waals surface area contributed by atoms with Crippen LogP contribution in [0.1, 0.15) is 49.3 Å². The van der Waals surface area contributed by atoms with Crippen LogP contribution in [0.3, 0.4) is 0 Å². The number of aryl methyl sites for hydroxylation is 2. The van der Waals surface area contributed by atoms with E-state index in [0.29, 0.717) is 6.54 Å². The third-order valence-electron chi connectivity index (χ3n) is 3.48. The first-order valence-electron chi connectivity index (χ1n) is 6.46. The molecule has 1 aliphatic rings. The Morgan fingerprint density at radius 3 is 2.78 bits per heavy atom. The van der Waals surface area contributed by atoms with Crippen molar-refractivity contribution in [1.82, 2.24) is 4.57 Å². The topological polar surface area (TPSA) is 30.9 Å². The van der Waals surface area contributed by atoms with Crippen LogP contribution < -0.4 is 5.73 Å². The van der Waals surface area contributed by atoms with Crippen molar-refractivity contribution in [1.29, 1.82) is 0 Å². The van der Waals surface area contributed by atoms with Crippen molar-refractivity contribution in [3.05, 3.63) is 23.5 Å². The first-order chi connectivity index (χ1) is 8.46. The number of rotatable bonds is 3. The second-order valence-corrected chi connectivity index (χ2v) is 5.05. The highest BCUT2D eigenvalue weighted by atomic mass is 19.4. The Morgan fingerprint density at radius 1 is 1.28 bits per heavy atom. The van der Waals surface area contributed by atoms with E-state index in [1.165, 1.54) is 5.56 Å². The maximum absolute atomic E-state index is 12.1. The Kier molecular flexibility index (Phi) is 4.00. The molecule has 1 heterocycles. The number of hydrogen-bond donors (Lipinski definition) is 1. The van der Waals surface area contributed by atoms with Gasteiger partial charge in [-0.1, -0.05) is 6.42 Å². The lowest BCUT2D eigenvalue weighted by atomic mass is 10.1. The van der Waals surface area contributed by atoms with Crippen molar-refractivity contribution in [2.45, 2.75) is 57.3 Å². The van der Waals surface area contributed by atoms with Crippen LogP contribution in [-0.2, 0) is 13.0 Å². The highest BCUT2D eigenvalue weighted by molar-refractivity contribution is 5.28. The van der Waals surface area contributed by atoms with E-state index < -0.39 is 12.6 Å². The molecule has 0 amide bonds. The summed E-state index contributed by atoms with van der Waals surface area (Å²) in [6.07, 6.45) is 3.47. The van der Waals surface area contributed by atoms with Crippen LogP contribution in [0.4, 0.5) is 13.2 Å². The molecule has 1 atom stereocenters. The Labute approximate surface area is 105 Å². The molecular formula is C13H19F3N2. The first kappa shape index (κ1) is 13.5. The molecule has 0 radical (unpaired) electrons. The van der Waals surface area contributed by atoms with Gasteiger partial charge in [0, 0.05) is 31.4 Å². The van der Waals surface area contributed by atoms with E-state index in [9.17, 15) is 13.2 Å². The summed E-state index contributed by atoms with van der Waals surface area (Å²) in [5, 5.41) is 0. The summed E-state index contributed by atoms with van der Waals surface area (Å²) >= 11 is 0. The molecule has 5 heteroatoms. The molecule has 1 aromatic heterocycles. The fourth-order valence-corrected chi connectivity index (χ4v) is 2.54. The normalized spacial score (nSPS) is 20.6. The molecule has 0 fully saturated rings. The van der Waals surface area contributed by atoms with Crippen LogP contribution in [0.2, 0.25) is 0 Å². The van der Waals surface area contributed by atoms with Gasteiger partial charge in [0.15, 0.2) is 0 Å². The smallest absolute Gasteiger partial charge is 0.354 e. The fourth-order valence-electron chi connectivity index (χ4n) is 2.54. The number of hydrogen-bond acceptors (Lipinski definition) is 1. The van der Waals surface area contributed by atoms with Crippen LogP contribution in [0.15, 0.2) is 12.4 Å². The van der Waals surface area contributed by atoms with Gasteiger partial charge in [-0.25, -0.2) is 0 Å². The van der Waals surface area contributed by atoms with E-state index in [2.05, 4.69) is 0 Å². The minimum atomic E-state index is -4.05. The fraction of sp³-hybridized carbons (Fsp3) is 0.692. The van der Waals surface area contributed by atoms with Crippen molar-refractivity contribution in [2.75, 3.05) is 0 Å². The highest BCUT2D eigenvalue weighted by Gasteiger charge is 2.26. The van der Waals surface area contributed by atoms with E-state index >= 15 is 0 Å². The van der Waals surface area contributed by atoms with Crippen LogP contribution in [0, 0.1) is 0 Å². The molecule has 1 aliphatic carbocycles. The number of nitrogens with two attached hydrogens (primary N) is 1. The van der Waals surface area contributed by atoms with Gasteiger partial charge >= 0.3 is 6.18 Å². The third kappa shape index (κ3) is 3.51. The summed E-state index contributed by atoms with van der Waals surface area (Å²) in [5.74, 6) is 0. The molecule has 2 N–H and O–H groups in total. The Hall–Kier alpha value is -0.970. The minimum absolute atomic E-state index is 0.0476. The quantitative estimate of drug-likeness (QED) is 0.828. The van der Waals surface area contributed by atoms with Crippen molar-refractivity contribution in [3.63, 3.8) is 0 Å². The predicted molar refractivity (Wildman–Crippen MR) is 64.2 cm³/mol. The zero-order valence-electron chi connectivity index (χ0n) is 10.3. The number of aromatic nitrogens is 1. The molecular weight excluding hydrogens is 241 g/mol. The van der Waals surface area contributed by atoms with Crippen LogP contribution in [0.25, 0.3) is 0 Å². The van der Waals surface area contributed by atoms with Crippen LogP contribution >= 0.6 is 0 Å². The van der Waals surface area contributed by atoms with Crippen LogP contribution in [-0.4, -0.2) is 10.7 Å². The van der Waals surface area contributed by atoms with Gasteiger partial charge in [-0.2, -0.15) is 13.2 Å². The lowest BCUT2D eigenvalue weighted by Gasteiger charge is -2.08. The van der Waals surface area contributed by atoms with Gasteiger partial charge in [-0.05, 0) is 36.8 Å². The predicted octanol–water partition coefficient (Wildman–Crippen LogP) is 3.56. The van der Waals surface area contributed by atoms with Gasteiger partial charge < -0.3 is 10.3 Å². The van der Waals surface area contributed by atoms with E-state index in [-0.39, 0.29) is 12.5 Å². The molecule has 0 aromatic carbocycles. The van der Waals surface area contributed by atoms with Crippen LogP contribution in [0.5, 0.6) is 0 Å². The Bertz CT molecular complexity index is 395. The summed E-state index contributed by atoms with van der Waals surface area (Å²) in [6, 6.07) is 0.0476. The molecule has 0 saturated heterocycles. The minimum Gasteiger partial charge on any atom is -0.354 e. The molecule has 102 valence electrons. The molecule has 1 aromatic rings. The Morgan fingerprint density at radius 2 is 2.06 bits per heavy atom. The zero-order chi connectivity index (χ0) is 13.2. The number of halogens is 3. The first-order valence-corrected chi connectivity index (χ1v) is 6.46. The summed E-state index contributed by atoms with van der Waals surface area (Å²) in [7, 11) is 0. The zero-order valence-corrected chi connectivity index (χ0v) is 10.3. The lowest BCUT2D eigenvalue weighted by molar-refractivity contribution is -0.135. The molecule has 1 unspecified atom stereocenters. The van der Waals surface area contributed by atoms with Gasteiger partial charge in [0.05, 0.1) is 0 Å². The van der Waals surface area contributed by atoms with E-state index in [4.69, 9.17) is 5.73 Å². The highest BCUT2D eigenvalue weighted by Crippen LogP contribution is 2.28. The summed E-state index contributed by atoms with van der Waals surface area (Å²) in [4.78, 5) is 0. The van der Waals surface area contributed by atoms with E-state index in [0.717, 1.165) is 31.2 Å². The molecule has 2 rings (SSSR count). The van der Waals surface area contributed by atoms with Crippen molar-refractivity contribution >= 4 is 0 Å². The van der Waals surface area contributed by atoms with Gasteiger partial charge in [-0.3, -0.25) is 0 Å². The molecule has 0 spiro atoms. The second-order valence-electron chi connectivity index (χ2n) is 5.05. The average Bonchev–Trinajstić information content (AvgIpc) is 2.58. The molecule has 0 aliphatic heterocycles. The monoisotopic (exact) mass is 260 g/mol. The Balaban J connectivity index is 1.97. The van der Waals surface area contributed by atoms with Gasteiger partial charge in [-0.15, -0.1) is 0 Å². The van der Waals surface area contributed by atoms with E-state index in [1.807, 2.05) is 17.0 Å². The molecule has 18 heavy (non-hydrogen) atoms. The molecule has 0 bridgehead atoms. The maximum atomic E-state index is 12.1. The molecule has 2 nitrogen and oxygen atoms in total. The number of fused-ring (bicyclic) bond motifs is 1. The van der Waals surface area contributed by atoms with Gasteiger partial charge in [0.25, 0.3) is 0 Å². The van der Waals surface area contributed by atoms with Crippen molar-refractivity contribution in [3.8, 4) is 0 Å². The summed E-state index contributed by atoms with van der Waals surface area (Å²) < 4.78 is 38.1. The van der Waals surface area contributed by atoms with E-state index in [1.54, 1.807) is 0 Å². The molecule has 0 saturated carbocycles. The van der Waals surface area contributed by atoms with Gasteiger partial charge in [0.1, 0.15) is 0 Å². The number of alkyl halides is 3. The summed E-state index contributed by atoms with van der Waals surface area (Å²) in [6.45, 7) is 0.416. The third-order valence-corrected chi connectivity index (χ3v) is 3.48. The lowest BCUT2D eigenvalue weighted by Crippen LogP contribution is -2.10. The SMILES string of the molecule is NC1CCCCc2cn(CCCC(F)(F)F)cc21. The standard InChI is InChI=1S/C13H19F3N2/c14-13(15,16)6-3-7-18-8-10-4-1-2-5-12(17)11(10)9-18/h8-9,12H,1-7,17H2. The van der Waals surface area contributed by atoms with Crippen molar-refractivity contribution < 1.29 is 13.2 Å². The van der Waals surface area contributed by atoms with Crippen molar-refractivity contribution in [2.24, 2.45) is 5.73 Å². The largest absolute Gasteiger partial charge is 0.389 e. The second kappa shape index (κ2) is 5.34. The van der Waals surface area contributed by atoms with Gasteiger partial charge in [0.2, 0.25) is 0 Å². The number of nitrogens with zero attached hydrogens (tertiary/aromatic N) is 1. The average molecular weight is 260 g/mol.